The van der Waals surface area contributed by atoms with Gasteiger partial charge >= 0.3 is 5.97 Å². The van der Waals surface area contributed by atoms with E-state index in [1.165, 1.54) is 0 Å². The summed E-state index contributed by atoms with van der Waals surface area (Å²) in [7, 11) is 0. The average Bonchev–Trinajstić information content (AvgIpc) is 3.32. The quantitative estimate of drug-likeness (QED) is 0.148. The maximum atomic E-state index is 13.1. The van der Waals surface area contributed by atoms with Crippen LogP contribution in [0.15, 0.2) is 66.7 Å². The number of aromatic nitrogens is 2. The normalized spacial score (nSPS) is 11.6. The minimum atomic E-state index is -0.562. The third-order valence-corrected chi connectivity index (χ3v) is 7.53. The molecule has 0 aliphatic carbocycles. The highest BCUT2D eigenvalue weighted by Gasteiger charge is 2.21. The first-order valence-corrected chi connectivity index (χ1v) is 15.9. The largest absolute Gasteiger partial charge is 0.456 e. The minimum Gasteiger partial charge on any atom is -0.456 e. The highest BCUT2D eigenvalue weighted by Crippen LogP contribution is 2.29. The van der Waals surface area contributed by atoms with E-state index in [0.717, 1.165) is 84.3 Å². The van der Waals surface area contributed by atoms with Crippen LogP contribution in [-0.4, -0.2) is 33.6 Å². The van der Waals surface area contributed by atoms with Crippen molar-refractivity contribution >= 4 is 28.6 Å². The molecule has 0 saturated carbocycles. The Labute approximate surface area is 257 Å². The van der Waals surface area contributed by atoms with Gasteiger partial charge in [-0.15, -0.1) is 0 Å². The van der Waals surface area contributed by atoms with Crippen molar-refractivity contribution in [2.24, 2.45) is 0 Å². The number of hydrogen-bond acceptors (Lipinski definition) is 4. The van der Waals surface area contributed by atoms with Crippen molar-refractivity contribution < 1.29 is 14.3 Å². The number of rotatable bonds is 13. The lowest BCUT2D eigenvalue weighted by molar-refractivity contribution is -0.118. The molecule has 0 spiro atoms. The molecule has 0 radical (unpaired) electrons. The summed E-state index contributed by atoms with van der Waals surface area (Å²) in [6.07, 6.45) is 6.45. The lowest BCUT2D eigenvalue weighted by Gasteiger charge is -2.23. The van der Waals surface area contributed by atoms with Gasteiger partial charge in [0.05, 0.1) is 16.6 Å². The molecule has 6 nitrogen and oxygen atoms in total. The summed E-state index contributed by atoms with van der Waals surface area (Å²) < 4.78 is 7.97. The number of benzene rings is 3. The van der Waals surface area contributed by atoms with E-state index in [0.29, 0.717) is 18.5 Å². The number of esters is 1. The molecule has 0 aliphatic heterocycles. The van der Waals surface area contributed by atoms with Crippen LogP contribution in [0.1, 0.15) is 102 Å². The van der Waals surface area contributed by atoms with E-state index in [-0.39, 0.29) is 11.9 Å². The van der Waals surface area contributed by atoms with Gasteiger partial charge in [-0.3, -0.25) is 4.79 Å². The van der Waals surface area contributed by atoms with Gasteiger partial charge in [0.1, 0.15) is 11.4 Å². The van der Waals surface area contributed by atoms with Crippen molar-refractivity contribution in [1.82, 2.24) is 9.55 Å². The number of nitrogens with zero attached hydrogens (tertiary/aromatic N) is 3. The molecule has 1 heterocycles. The first-order valence-electron chi connectivity index (χ1n) is 15.9. The summed E-state index contributed by atoms with van der Waals surface area (Å²) >= 11 is 0. The van der Waals surface area contributed by atoms with E-state index in [9.17, 15) is 9.59 Å². The summed E-state index contributed by atoms with van der Waals surface area (Å²) in [5.74, 6) is 0.919. The summed E-state index contributed by atoms with van der Waals surface area (Å²) in [5, 5.41) is 0. The molecule has 3 aromatic carbocycles. The predicted octanol–water partition coefficient (Wildman–Crippen LogP) is 8.98. The van der Waals surface area contributed by atoms with Crippen molar-refractivity contribution in [1.29, 1.82) is 0 Å². The second-order valence-corrected chi connectivity index (χ2v) is 12.3. The van der Waals surface area contributed by atoms with Crippen LogP contribution in [-0.2, 0) is 22.5 Å². The smallest absolute Gasteiger partial charge is 0.339 e. The van der Waals surface area contributed by atoms with E-state index in [1.54, 1.807) is 0 Å². The molecule has 0 bridgehead atoms. The number of carbonyl (C=O) groups is 2. The average molecular weight is 582 g/mol. The van der Waals surface area contributed by atoms with Gasteiger partial charge in [0.15, 0.2) is 0 Å². The molecule has 4 rings (SSSR count). The summed E-state index contributed by atoms with van der Waals surface area (Å²) in [6, 6.07) is 22.2. The lowest BCUT2D eigenvalue weighted by Crippen LogP contribution is -2.31. The number of hydrogen-bond donors (Lipinski definition) is 0. The number of imidazole rings is 1. The maximum Gasteiger partial charge on any atom is 0.339 e. The summed E-state index contributed by atoms with van der Waals surface area (Å²) in [4.78, 5) is 33.0. The Morgan fingerprint density at radius 2 is 1.60 bits per heavy atom. The van der Waals surface area contributed by atoms with Crippen molar-refractivity contribution in [2.75, 3.05) is 11.4 Å². The van der Waals surface area contributed by atoms with Crippen LogP contribution >= 0.6 is 0 Å². The third kappa shape index (κ3) is 8.13. The Morgan fingerprint density at radius 1 is 0.884 bits per heavy atom. The van der Waals surface area contributed by atoms with Gasteiger partial charge in [-0.25, -0.2) is 9.78 Å². The molecule has 6 heteroatoms. The highest BCUT2D eigenvalue weighted by atomic mass is 16.6. The van der Waals surface area contributed by atoms with Gasteiger partial charge in [0.25, 0.3) is 0 Å². The Hall–Kier alpha value is -3.93. The van der Waals surface area contributed by atoms with Gasteiger partial charge in [0.2, 0.25) is 5.91 Å². The maximum absolute atomic E-state index is 13.1. The Bertz CT molecular complexity index is 1530. The first kappa shape index (κ1) is 32.0. The Morgan fingerprint density at radius 3 is 2.28 bits per heavy atom. The lowest BCUT2D eigenvalue weighted by atomic mass is 9.98. The number of ether oxygens (including phenoxy) is 1. The van der Waals surface area contributed by atoms with Crippen molar-refractivity contribution in [3.8, 4) is 11.1 Å². The van der Waals surface area contributed by atoms with Gasteiger partial charge < -0.3 is 14.2 Å². The third-order valence-electron chi connectivity index (χ3n) is 7.53. The molecule has 1 aromatic heterocycles. The highest BCUT2D eigenvalue weighted by molar-refractivity contribution is 5.97. The first-order chi connectivity index (χ1) is 20.6. The number of unbranched alkanes of at least 4 members (excludes halogenated alkanes) is 2. The molecule has 0 fully saturated rings. The van der Waals surface area contributed by atoms with Gasteiger partial charge in [-0.2, -0.15) is 0 Å². The molecule has 43 heavy (non-hydrogen) atoms. The van der Waals surface area contributed by atoms with Crippen LogP contribution in [0.5, 0.6) is 0 Å². The number of fused-ring (bicyclic) bond motifs is 1. The monoisotopic (exact) mass is 581 g/mol. The van der Waals surface area contributed by atoms with Gasteiger partial charge in [-0.1, -0.05) is 76.1 Å². The number of amides is 1. The fourth-order valence-corrected chi connectivity index (χ4v) is 5.31. The summed E-state index contributed by atoms with van der Waals surface area (Å²) in [6.45, 7) is 13.4. The van der Waals surface area contributed by atoms with Crippen molar-refractivity contribution in [3.05, 3.63) is 83.7 Å². The number of aryl methyl sites for hydroxylation is 1. The zero-order valence-corrected chi connectivity index (χ0v) is 26.8. The molecule has 1 amide bonds. The van der Waals surface area contributed by atoms with Gasteiger partial charge in [-0.05, 0) is 81.0 Å². The van der Waals surface area contributed by atoms with Crippen LogP contribution in [0.3, 0.4) is 0 Å². The summed E-state index contributed by atoms with van der Waals surface area (Å²) in [5.41, 5.74) is 5.91. The van der Waals surface area contributed by atoms with E-state index < -0.39 is 5.60 Å². The zero-order valence-electron chi connectivity index (χ0n) is 26.8. The van der Waals surface area contributed by atoms with Crippen LogP contribution in [0.2, 0.25) is 0 Å². The molecular formula is C37H47N3O3. The van der Waals surface area contributed by atoms with Gasteiger partial charge in [0, 0.05) is 31.6 Å². The predicted molar refractivity (Wildman–Crippen MR) is 177 cm³/mol. The fourth-order valence-electron chi connectivity index (χ4n) is 5.31. The molecule has 4 aromatic rings. The zero-order chi connectivity index (χ0) is 31.0. The molecule has 0 atom stereocenters. The molecule has 0 saturated heterocycles. The SMILES string of the molecule is CCCCc1nc2ccc(N(CCCC)C(=O)CCC)cc2n1Cc1ccc(-c2ccccc2C(=O)OC(C)(C)C)cc1. The molecule has 228 valence electrons. The van der Waals surface area contributed by atoms with Crippen molar-refractivity contribution in [2.45, 2.75) is 98.6 Å². The van der Waals surface area contributed by atoms with Crippen LogP contribution in [0.25, 0.3) is 22.2 Å². The van der Waals surface area contributed by atoms with Crippen LogP contribution in [0, 0.1) is 0 Å². The van der Waals surface area contributed by atoms with E-state index in [2.05, 4.69) is 61.7 Å². The second-order valence-electron chi connectivity index (χ2n) is 12.3. The number of anilines is 1. The number of carbonyl (C=O) groups excluding carboxylic acids is 2. The minimum absolute atomic E-state index is 0.176. The van der Waals surface area contributed by atoms with Crippen LogP contribution in [0.4, 0.5) is 5.69 Å². The molecule has 0 unspecified atom stereocenters. The fraction of sp³-hybridized carbons (Fsp3) is 0.432. The Balaban J connectivity index is 1.68. The topological polar surface area (TPSA) is 64.4 Å². The Kier molecular flexibility index (Phi) is 10.8. The molecular weight excluding hydrogens is 534 g/mol. The standard InChI is InChI=1S/C37H47N3O3/c1-7-10-17-34-38-32-23-22-29(39(24-11-8-2)35(41)14-9-3)25-33(32)40(34)26-27-18-20-28(21-19-27)30-15-12-13-16-31(30)36(42)43-37(4,5)6/h12-13,15-16,18-23,25H,7-11,14,17,24,26H2,1-6H3. The van der Waals surface area contributed by atoms with E-state index in [4.69, 9.17) is 9.72 Å². The van der Waals surface area contributed by atoms with Crippen LogP contribution < -0.4 is 4.90 Å². The van der Waals surface area contributed by atoms with Crippen molar-refractivity contribution in [3.63, 3.8) is 0 Å². The second kappa shape index (κ2) is 14.5. The molecule has 0 aliphatic rings. The van der Waals surface area contributed by atoms with E-state index in [1.807, 2.05) is 56.0 Å². The van der Waals surface area contributed by atoms with E-state index >= 15 is 0 Å². The molecule has 0 N–H and O–H groups in total.